The van der Waals surface area contributed by atoms with E-state index in [0.717, 1.165) is 29.5 Å². The van der Waals surface area contributed by atoms with Gasteiger partial charge in [-0.3, -0.25) is 25.0 Å². The second-order valence-corrected chi connectivity index (χ2v) is 6.96. The van der Waals surface area contributed by atoms with Gasteiger partial charge in [-0.05, 0) is 26.3 Å². The lowest BCUT2D eigenvalue weighted by atomic mass is 10.1. The normalized spacial score (nSPS) is 11.1. The van der Waals surface area contributed by atoms with E-state index in [4.69, 9.17) is 10.5 Å². The molecule has 0 fully saturated rings. The molecule has 1 heterocycles. The summed E-state index contributed by atoms with van der Waals surface area (Å²) < 4.78 is 4.97. The first kappa shape index (κ1) is 22.4. The van der Waals surface area contributed by atoms with Crippen molar-refractivity contribution >= 4 is 45.3 Å². The summed E-state index contributed by atoms with van der Waals surface area (Å²) in [6.07, 6.45) is 0. The topological polar surface area (TPSA) is 180 Å². The van der Waals surface area contributed by atoms with Gasteiger partial charge in [0.25, 0.3) is 17.3 Å². The van der Waals surface area contributed by atoms with E-state index in [1.807, 2.05) is 0 Å². The molecule has 3 N–H and O–H groups in total. The average molecular weight is 435 g/mol. The molecule has 0 saturated heterocycles. The third-order valence-electron chi connectivity index (χ3n) is 3.89. The molecule has 1 aromatic carbocycles. The Morgan fingerprint density at radius 2 is 1.77 bits per heavy atom. The number of benzene rings is 1. The number of nitrogens with one attached hydrogen (secondary N) is 1. The van der Waals surface area contributed by atoms with Crippen molar-refractivity contribution in [2.45, 2.75) is 20.8 Å². The molecule has 2 aromatic rings. The van der Waals surface area contributed by atoms with Crippen LogP contribution >= 0.6 is 11.3 Å². The largest absolute Gasteiger partial charge is 0.462 e. The second-order valence-electron chi connectivity index (χ2n) is 5.91. The summed E-state index contributed by atoms with van der Waals surface area (Å²) in [6.45, 7) is 5.06. The summed E-state index contributed by atoms with van der Waals surface area (Å²) in [7, 11) is 0. The van der Waals surface area contributed by atoms with Crippen molar-refractivity contribution in [1.29, 1.82) is 0 Å². The number of hydrazone groups is 1. The summed E-state index contributed by atoms with van der Waals surface area (Å²) in [6, 6.07) is 2.56. The molecule has 1 amide bonds. The maximum Gasteiger partial charge on any atom is 0.341 e. The molecule has 0 unspecified atom stereocenters. The Kier molecular flexibility index (Phi) is 6.79. The van der Waals surface area contributed by atoms with E-state index in [1.165, 1.54) is 0 Å². The molecule has 13 heteroatoms. The van der Waals surface area contributed by atoms with Crippen molar-refractivity contribution in [2.75, 3.05) is 12.3 Å². The average Bonchev–Trinajstić information content (AvgIpc) is 2.99. The molecule has 0 saturated carbocycles. The van der Waals surface area contributed by atoms with Crippen LogP contribution in [-0.4, -0.2) is 34.0 Å². The summed E-state index contributed by atoms with van der Waals surface area (Å²) in [5.74, 6) is -1.45. The predicted molar refractivity (Wildman–Crippen MR) is 109 cm³/mol. The molecule has 0 aliphatic carbocycles. The van der Waals surface area contributed by atoms with Crippen molar-refractivity contribution in [2.24, 2.45) is 5.10 Å². The number of anilines is 1. The van der Waals surface area contributed by atoms with Crippen LogP contribution < -0.4 is 11.2 Å². The van der Waals surface area contributed by atoms with E-state index in [2.05, 4.69) is 10.5 Å². The maximum atomic E-state index is 12.3. The van der Waals surface area contributed by atoms with Gasteiger partial charge in [-0.15, -0.1) is 11.3 Å². The third-order valence-corrected chi connectivity index (χ3v) is 5.12. The van der Waals surface area contributed by atoms with Crippen LogP contribution in [0, 0.1) is 27.2 Å². The quantitative estimate of drug-likeness (QED) is 0.288. The molecule has 0 radical (unpaired) electrons. The first-order valence-corrected chi connectivity index (χ1v) is 9.23. The Morgan fingerprint density at radius 3 is 2.27 bits per heavy atom. The number of nitro groups is 2. The van der Waals surface area contributed by atoms with Crippen molar-refractivity contribution < 1.29 is 24.2 Å². The van der Waals surface area contributed by atoms with Crippen molar-refractivity contribution in [3.8, 4) is 0 Å². The minimum absolute atomic E-state index is 0.182. The first-order valence-electron chi connectivity index (χ1n) is 8.41. The summed E-state index contributed by atoms with van der Waals surface area (Å²) in [5, 5.41) is 26.1. The lowest BCUT2D eigenvalue weighted by Crippen LogP contribution is -2.19. The van der Waals surface area contributed by atoms with Gasteiger partial charge in [-0.2, -0.15) is 5.10 Å². The van der Waals surface area contributed by atoms with Crippen LogP contribution in [-0.2, 0) is 4.74 Å². The number of nitrogens with zero attached hydrogens (tertiary/aromatic N) is 3. The zero-order chi connectivity index (χ0) is 22.6. The van der Waals surface area contributed by atoms with Crippen LogP contribution in [0.4, 0.5) is 16.4 Å². The Morgan fingerprint density at radius 1 is 1.20 bits per heavy atom. The number of nitro benzene ring substituents is 2. The van der Waals surface area contributed by atoms with E-state index in [1.54, 1.807) is 20.8 Å². The zero-order valence-electron chi connectivity index (χ0n) is 16.1. The highest BCUT2D eigenvalue weighted by molar-refractivity contribution is 7.18. The van der Waals surface area contributed by atoms with E-state index in [-0.39, 0.29) is 22.7 Å². The molecule has 0 aliphatic rings. The number of nitrogens with two attached hydrogens (primary N) is 1. The molecule has 0 spiro atoms. The van der Waals surface area contributed by atoms with Crippen LogP contribution in [0.1, 0.15) is 45.0 Å². The number of carbonyl (C=O) groups is 2. The van der Waals surface area contributed by atoms with E-state index in [0.29, 0.717) is 16.2 Å². The fraction of sp³-hybridized carbons (Fsp3) is 0.235. The number of hydrogen-bond donors (Lipinski definition) is 2. The predicted octanol–water partition coefficient (Wildman–Crippen LogP) is 2.79. The molecule has 0 atom stereocenters. The minimum atomic E-state index is -0.881. The van der Waals surface area contributed by atoms with Crippen LogP contribution in [0.3, 0.4) is 0 Å². The molecule has 0 aliphatic heterocycles. The number of hydrogen-bond acceptors (Lipinski definition) is 10. The molecule has 1 aromatic heterocycles. The van der Waals surface area contributed by atoms with E-state index >= 15 is 0 Å². The van der Waals surface area contributed by atoms with Crippen LogP contribution in [0.25, 0.3) is 0 Å². The number of amides is 1. The number of rotatable bonds is 7. The van der Waals surface area contributed by atoms with E-state index < -0.39 is 33.1 Å². The third kappa shape index (κ3) is 4.75. The highest BCUT2D eigenvalue weighted by atomic mass is 32.1. The highest BCUT2D eigenvalue weighted by Gasteiger charge is 2.23. The Labute approximate surface area is 173 Å². The zero-order valence-corrected chi connectivity index (χ0v) is 16.9. The summed E-state index contributed by atoms with van der Waals surface area (Å²) in [4.78, 5) is 45.1. The van der Waals surface area contributed by atoms with Gasteiger partial charge in [0.2, 0.25) is 0 Å². The van der Waals surface area contributed by atoms with Crippen LogP contribution in [0.2, 0.25) is 0 Å². The Balaban J connectivity index is 2.31. The number of nitrogen functional groups attached to an aromatic ring is 1. The van der Waals surface area contributed by atoms with Crippen molar-refractivity contribution in [1.82, 2.24) is 5.43 Å². The fourth-order valence-electron chi connectivity index (χ4n) is 2.53. The lowest BCUT2D eigenvalue weighted by Gasteiger charge is -2.04. The van der Waals surface area contributed by atoms with Crippen LogP contribution in [0.5, 0.6) is 0 Å². The van der Waals surface area contributed by atoms with Gasteiger partial charge in [-0.1, -0.05) is 0 Å². The number of thiophene rings is 1. The molecular formula is C17H17N5O7S. The number of ether oxygens (including phenoxy) is 1. The Hall–Kier alpha value is -3.87. The smallest absolute Gasteiger partial charge is 0.341 e. The van der Waals surface area contributed by atoms with E-state index in [9.17, 15) is 29.8 Å². The molecule has 158 valence electrons. The lowest BCUT2D eigenvalue weighted by molar-refractivity contribution is -0.394. The number of carbonyl (C=O) groups excluding carboxylic acids is 2. The number of esters is 1. The van der Waals surface area contributed by atoms with Gasteiger partial charge in [0.1, 0.15) is 5.00 Å². The second kappa shape index (κ2) is 9.09. The highest BCUT2D eigenvalue weighted by Crippen LogP contribution is 2.31. The maximum absolute atomic E-state index is 12.3. The van der Waals surface area contributed by atoms with Gasteiger partial charge < -0.3 is 10.5 Å². The first-order chi connectivity index (χ1) is 14.1. The monoisotopic (exact) mass is 435 g/mol. The Bertz CT molecular complexity index is 1040. The van der Waals surface area contributed by atoms with Gasteiger partial charge in [0, 0.05) is 12.1 Å². The van der Waals surface area contributed by atoms with Crippen molar-refractivity contribution in [3.05, 3.63) is 60.0 Å². The number of non-ortho nitro benzene ring substituents is 2. The van der Waals surface area contributed by atoms with Gasteiger partial charge >= 0.3 is 5.97 Å². The van der Waals surface area contributed by atoms with Crippen molar-refractivity contribution in [3.63, 3.8) is 0 Å². The SMILES string of the molecule is CCOC(=O)c1c(N)sc(/C(C)=N/NC(=O)c2cc([N+](=O)[O-])cc([N+](=O)[O-])c2)c1C. The molecule has 2 rings (SSSR count). The molecule has 0 bridgehead atoms. The molecule has 12 nitrogen and oxygen atoms in total. The fourth-order valence-corrected chi connectivity index (χ4v) is 3.53. The summed E-state index contributed by atoms with van der Waals surface area (Å²) >= 11 is 1.08. The standard InChI is InChI=1S/C17H17N5O7S/c1-4-29-17(24)13-8(2)14(30-15(13)18)9(3)19-20-16(23)10-5-11(21(25)26)7-12(6-10)22(27)28/h5-7H,4,18H2,1-3H3,(H,20,23)/b19-9+. The van der Waals surface area contributed by atoms with Gasteiger partial charge in [0.05, 0.1) is 44.2 Å². The van der Waals surface area contributed by atoms with Gasteiger partial charge in [0.15, 0.2) is 0 Å². The van der Waals surface area contributed by atoms with Gasteiger partial charge in [-0.25, -0.2) is 10.2 Å². The summed E-state index contributed by atoms with van der Waals surface area (Å²) in [5.41, 5.74) is 7.64. The molecule has 30 heavy (non-hydrogen) atoms. The van der Waals surface area contributed by atoms with Crippen LogP contribution in [0.15, 0.2) is 23.3 Å². The molecular weight excluding hydrogens is 418 g/mol. The minimum Gasteiger partial charge on any atom is -0.462 e.